The number of ether oxygens (including phenoxy) is 2. The predicted octanol–water partition coefficient (Wildman–Crippen LogP) is 4.55. The Bertz CT molecular complexity index is 1080. The van der Waals surface area contributed by atoms with Crippen molar-refractivity contribution >= 4 is 18.1 Å². The van der Waals surface area contributed by atoms with Crippen LogP contribution in [0.15, 0.2) is 77.9 Å². The second-order valence-corrected chi connectivity index (χ2v) is 6.90. The Balaban J connectivity index is 1.52. The molecule has 0 saturated heterocycles. The van der Waals surface area contributed by atoms with Crippen LogP contribution >= 0.6 is 0 Å². The molecule has 3 rings (SSSR count). The van der Waals surface area contributed by atoms with Crippen LogP contribution in [0.4, 0.5) is 0 Å². The average molecular weight is 432 g/mol. The quantitative estimate of drug-likeness (QED) is 0.170. The van der Waals surface area contributed by atoms with Gasteiger partial charge in [-0.3, -0.25) is 4.79 Å². The summed E-state index contributed by atoms with van der Waals surface area (Å²) in [4.78, 5) is 24.3. The van der Waals surface area contributed by atoms with Crippen molar-refractivity contribution in [2.75, 3.05) is 6.61 Å². The number of amides is 1. The highest BCUT2D eigenvalue weighted by atomic mass is 16.5. The van der Waals surface area contributed by atoms with E-state index in [0.29, 0.717) is 29.2 Å². The molecular weight excluding hydrogens is 408 g/mol. The molecule has 164 valence electrons. The Hall–Kier alpha value is -4.13. The van der Waals surface area contributed by atoms with Gasteiger partial charge in [-0.25, -0.2) is 10.2 Å². The molecule has 0 spiro atoms. The molecule has 0 fully saturated rings. The topological polar surface area (TPSA) is 97.2 Å². The summed E-state index contributed by atoms with van der Waals surface area (Å²) in [5.41, 5.74) is 3.60. The van der Waals surface area contributed by atoms with Gasteiger partial charge in [0.2, 0.25) is 0 Å². The van der Waals surface area contributed by atoms with Crippen molar-refractivity contribution in [2.24, 2.45) is 5.10 Å². The number of unbranched alkanes of at least 4 members (excludes halogenated alkanes) is 1. The molecule has 0 unspecified atom stereocenters. The number of para-hydroxylation sites is 1. The van der Waals surface area contributed by atoms with E-state index >= 15 is 0 Å². The molecule has 3 aromatic carbocycles. The lowest BCUT2D eigenvalue weighted by Crippen LogP contribution is -2.17. The zero-order valence-corrected chi connectivity index (χ0v) is 17.7. The summed E-state index contributed by atoms with van der Waals surface area (Å²) in [6.45, 7) is 2.74. The van der Waals surface area contributed by atoms with Gasteiger partial charge in [0.1, 0.15) is 17.2 Å². The van der Waals surface area contributed by atoms with Crippen LogP contribution in [-0.2, 0) is 0 Å². The van der Waals surface area contributed by atoms with Crippen LogP contribution in [0.25, 0.3) is 0 Å². The summed E-state index contributed by atoms with van der Waals surface area (Å²) in [7, 11) is 0. The van der Waals surface area contributed by atoms with E-state index in [0.717, 1.165) is 12.8 Å². The molecule has 0 aliphatic rings. The average Bonchev–Trinajstić information content (AvgIpc) is 2.81. The number of phenols is 1. The lowest BCUT2D eigenvalue weighted by molar-refractivity contribution is 0.0734. The van der Waals surface area contributed by atoms with Gasteiger partial charge in [-0.2, -0.15) is 5.10 Å². The summed E-state index contributed by atoms with van der Waals surface area (Å²) in [6, 6.07) is 19.7. The van der Waals surface area contributed by atoms with E-state index < -0.39 is 11.9 Å². The second-order valence-electron chi connectivity index (χ2n) is 6.90. The minimum Gasteiger partial charge on any atom is -0.507 e. The third-order valence-corrected chi connectivity index (χ3v) is 4.48. The zero-order valence-electron chi connectivity index (χ0n) is 17.7. The Kier molecular flexibility index (Phi) is 7.97. The van der Waals surface area contributed by atoms with Gasteiger partial charge in [-0.1, -0.05) is 25.5 Å². The molecule has 0 aromatic heterocycles. The Morgan fingerprint density at radius 3 is 2.34 bits per heavy atom. The molecular formula is C25H24N2O5. The van der Waals surface area contributed by atoms with Crippen LogP contribution in [0.2, 0.25) is 0 Å². The maximum atomic E-state index is 12.3. The van der Waals surface area contributed by atoms with Gasteiger partial charge in [-0.05, 0) is 72.6 Å². The van der Waals surface area contributed by atoms with Crippen LogP contribution < -0.4 is 14.9 Å². The first-order valence-corrected chi connectivity index (χ1v) is 10.2. The van der Waals surface area contributed by atoms with Crippen molar-refractivity contribution in [3.8, 4) is 17.2 Å². The Labute approximate surface area is 186 Å². The molecule has 3 aromatic rings. The lowest BCUT2D eigenvalue weighted by atomic mass is 10.2. The van der Waals surface area contributed by atoms with Gasteiger partial charge in [0, 0.05) is 0 Å². The molecule has 32 heavy (non-hydrogen) atoms. The van der Waals surface area contributed by atoms with Crippen molar-refractivity contribution in [3.63, 3.8) is 0 Å². The molecule has 2 N–H and O–H groups in total. The highest BCUT2D eigenvalue weighted by Crippen LogP contribution is 2.17. The number of nitrogens with zero attached hydrogens (tertiary/aromatic N) is 1. The SMILES string of the molecule is CCCCOc1ccc(C(=O)Oc2ccc(/C=N/NC(=O)c3ccccc3O)cc2)cc1. The van der Waals surface area contributed by atoms with E-state index in [1.807, 2.05) is 0 Å². The smallest absolute Gasteiger partial charge is 0.343 e. The fraction of sp³-hybridized carbons (Fsp3) is 0.160. The number of phenolic OH excluding ortho intramolecular Hbond substituents is 1. The fourth-order valence-electron chi connectivity index (χ4n) is 2.70. The summed E-state index contributed by atoms with van der Waals surface area (Å²) < 4.78 is 11.0. The summed E-state index contributed by atoms with van der Waals surface area (Å²) >= 11 is 0. The molecule has 7 heteroatoms. The number of benzene rings is 3. The molecule has 0 saturated carbocycles. The van der Waals surface area contributed by atoms with E-state index in [2.05, 4.69) is 17.5 Å². The number of rotatable bonds is 9. The van der Waals surface area contributed by atoms with Gasteiger partial charge in [0.05, 0.1) is 23.9 Å². The van der Waals surface area contributed by atoms with Gasteiger partial charge in [-0.15, -0.1) is 0 Å². The Morgan fingerprint density at radius 1 is 0.969 bits per heavy atom. The van der Waals surface area contributed by atoms with Crippen molar-refractivity contribution in [2.45, 2.75) is 19.8 Å². The van der Waals surface area contributed by atoms with Crippen LogP contribution in [0.3, 0.4) is 0 Å². The van der Waals surface area contributed by atoms with Crippen LogP contribution in [-0.4, -0.2) is 29.8 Å². The third kappa shape index (κ3) is 6.43. The molecule has 0 atom stereocenters. The highest BCUT2D eigenvalue weighted by Gasteiger charge is 2.10. The zero-order chi connectivity index (χ0) is 22.8. The van der Waals surface area contributed by atoms with Gasteiger partial charge < -0.3 is 14.6 Å². The van der Waals surface area contributed by atoms with Crippen molar-refractivity contribution < 1.29 is 24.2 Å². The minimum atomic E-state index is -0.522. The maximum Gasteiger partial charge on any atom is 0.343 e. The maximum absolute atomic E-state index is 12.3. The summed E-state index contributed by atoms with van der Waals surface area (Å²) in [5.74, 6) is -0.0139. The van der Waals surface area contributed by atoms with Crippen LogP contribution in [0.5, 0.6) is 17.2 Å². The fourth-order valence-corrected chi connectivity index (χ4v) is 2.70. The number of carbonyl (C=O) groups is 2. The second kappa shape index (κ2) is 11.3. The normalized spacial score (nSPS) is 10.7. The van der Waals surface area contributed by atoms with E-state index in [1.165, 1.54) is 18.3 Å². The standard InChI is InChI=1S/C25H24N2O5/c1-2-3-16-31-20-14-10-19(11-15-20)25(30)32-21-12-8-18(9-13-21)17-26-27-24(29)22-6-4-5-7-23(22)28/h4-15,17,28H,2-3,16H2,1H3,(H,27,29)/b26-17+. The monoisotopic (exact) mass is 432 g/mol. The van der Waals surface area contributed by atoms with Gasteiger partial charge in [0.15, 0.2) is 0 Å². The van der Waals surface area contributed by atoms with Crippen molar-refractivity contribution in [3.05, 3.63) is 89.5 Å². The lowest BCUT2D eigenvalue weighted by Gasteiger charge is -2.07. The third-order valence-electron chi connectivity index (χ3n) is 4.48. The number of hydrazone groups is 1. The molecule has 0 radical (unpaired) electrons. The van der Waals surface area contributed by atoms with E-state index in [9.17, 15) is 14.7 Å². The van der Waals surface area contributed by atoms with Crippen molar-refractivity contribution in [1.82, 2.24) is 5.43 Å². The van der Waals surface area contributed by atoms with Crippen LogP contribution in [0.1, 0.15) is 46.0 Å². The van der Waals surface area contributed by atoms with E-state index in [4.69, 9.17) is 9.47 Å². The highest BCUT2D eigenvalue weighted by molar-refractivity contribution is 5.97. The molecule has 1 amide bonds. The summed E-state index contributed by atoms with van der Waals surface area (Å²) in [6.07, 6.45) is 3.48. The van der Waals surface area contributed by atoms with Gasteiger partial charge in [0.25, 0.3) is 5.91 Å². The van der Waals surface area contributed by atoms with Crippen molar-refractivity contribution in [1.29, 1.82) is 0 Å². The first-order valence-electron chi connectivity index (χ1n) is 10.2. The summed E-state index contributed by atoms with van der Waals surface area (Å²) in [5, 5.41) is 13.6. The number of esters is 1. The predicted molar refractivity (Wildman–Crippen MR) is 121 cm³/mol. The van der Waals surface area contributed by atoms with E-state index in [1.54, 1.807) is 60.7 Å². The number of aromatic hydroxyl groups is 1. The number of nitrogens with one attached hydrogen (secondary N) is 1. The molecule has 0 aliphatic carbocycles. The largest absolute Gasteiger partial charge is 0.507 e. The molecule has 7 nitrogen and oxygen atoms in total. The molecule has 0 aliphatic heterocycles. The molecule has 0 bridgehead atoms. The first-order chi connectivity index (χ1) is 15.6. The number of carbonyl (C=O) groups excluding carboxylic acids is 2. The van der Waals surface area contributed by atoms with Gasteiger partial charge >= 0.3 is 5.97 Å². The van der Waals surface area contributed by atoms with Crippen LogP contribution in [0, 0.1) is 0 Å². The number of hydrogen-bond donors (Lipinski definition) is 2. The minimum absolute atomic E-state index is 0.120. The Morgan fingerprint density at radius 2 is 1.66 bits per heavy atom. The van der Waals surface area contributed by atoms with E-state index in [-0.39, 0.29) is 11.3 Å². The molecule has 0 heterocycles. The number of hydrogen-bond acceptors (Lipinski definition) is 6. The first kappa shape index (κ1) is 22.6.